The van der Waals surface area contributed by atoms with Gasteiger partial charge in [-0.1, -0.05) is 12.1 Å². The summed E-state index contributed by atoms with van der Waals surface area (Å²) in [5, 5.41) is 12.2. The monoisotopic (exact) mass is 461 g/mol. The smallest absolute Gasteiger partial charge is 0.236 e. The first-order valence-corrected chi connectivity index (χ1v) is 12.4. The lowest BCUT2D eigenvalue weighted by atomic mass is 9.94. The van der Waals surface area contributed by atoms with E-state index in [4.69, 9.17) is 9.47 Å². The highest BCUT2D eigenvalue weighted by Gasteiger charge is 2.25. The van der Waals surface area contributed by atoms with Gasteiger partial charge in [0.1, 0.15) is 0 Å². The molecule has 8 heteroatoms. The lowest BCUT2D eigenvalue weighted by molar-refractivity contribution is -0.134. The number of para-hydroxylation sites is 1. The zero-order valence-electron chi connectivity index (χ0n) is 19.9. The summed E-state index contributed by atoms with van der Waals surface area (Å²) in [5.41, 5.74) is 0.919. The second-order valence-corrected chi connectivity index (χ2v) is 8.92. The molecule has 0 aliphatic carbocycles. The number of nitrogens with zero attached hydrogens (tertiary/aromatic N) is 2. The van der Waals surface area contributed by atoms with Crippen molar-refractivity contribution in [3.63, 3.8) is 0 Å². The Labute approximate surface area is 197 Å². The van der Waals surface area contributed by atoms with Crippen LogP contribution in [0.25, 0.3) is 0 Å². The van der Waals surface area contributed by atoms with Gasteiger partial charge in [-0.3, -0.25) is 14.5 Å². The molecule has 3 rings (SSSR count). The van der Waals surface area contributed by atoms with E-state index in [2.05, 4.69) is 5.32 Å². The Hall–Kier alpha value is -2.32. The van der Waals surface area contributed by atoms with Crippen molar-refractivity contribution in [2.24, 2.45) is 5.92 Å². The third-order valence-electron chi connectivity index (χ3n) is 6.37. The molecule has 184 valence electrons. The summed E-state index contributed by atoms with van der Waals surface area (Å²) in [6.45, 7) is 6.08. The zero-order chi connectivity index (χ0) is 23.5. The van der Waals surface area contributed by atoms with E-state index in [1.54, 1.807) is 0 Å². The number of likely N-dealkylation sites (tertiary alicyclic amines) is 1. The van der Waals surface area contributed by atoms with Crippen LogP contribution in [0, 0.1) is 5.92 Å². The second kappa shape index (κ2) is 13.4. The molecule has 1 saturated heterocycles. The van der Waals surface area contributed by atoms with Crippen LogP contribution < -0.4 is 14.8 Å². The molecule has 2 heterocycles. The molecule has 1 aromatic carbocycles. The number of amides is 2. The minimum absolute atomic E-state index is 0.0398. The van der Waals surface area contributed by atoms with Crippen molar-refractivity contribution >= 4 is 11.8 Å². The predicted octanol–water partition coefficient (Wildman–Crippen LogP) is 2.19. The fraction of sp³-hybridized carbons (Fsp3) is 0.680. The third kappa shape index (κ3) is 7.89. The summed E-state index contributed by atoms with van der Waals surface area (Å²) >= 11 is 0. The minimum Gasteiger partial charge on any atom is -0.490 e. The molecular formula is C25H39N3O5. The van der Waals surface area contributed by atoms with Gasteiger partial charge in [-0.05, 0) is 57.4 Å². The number of aliphatic hydroxyl groups excluding tert-OH is 1. The van der Waals surface area contributed by atoms with Gasteiger partial charge in [-0.15, -0.1) is 0 Å². The molecule has 2 aliphatic rings. The molecule has 2 aliphatic heterocycles. The van der Waals surface area contributed by atoms with Crippen LogP contribution in [0.4, 0.5) is 0 Å². The summed E-state index contributed by atoms with van der Waals surface area (Å²) in [7, 11) is 0. The first kappa shape index (κ1) is 25.3. The Balaban J connectivity index is 1.74. The highest BCUT2D eigenvalue weighted by molar-refractivity contribution is 5.81. The van der Waals surface area contributed by atoms with Crippen molar-refractivity contribution in [1.29, 1.82) is 0 Å². The fourth-order valence-electron chi connectivity index (χ4n) is 4.54. The Morgan fingerprint density at radius 1 is 1.21 bits per heavy atom. The number of hydrogen-bond donors (Lipinski definition) is 2. The van der Waals surface area contributed by atoms with Crippen LogP contribution in [0.3, 0.4) is 0 Å². The van der Waals surface area contributed by atoms with Crippen molar-refractivity contribution < 1.29 is 24.2 Å². The van der Waals surface area contributed by atoms with Gasteiger partial charge in [0.05, 0.1) is 26.3 Å². The van der Waals surface area contributed by atoms with Gasteiger partial charge in [0.25, 0.3) is 0 Å². The van der Waals surface area contributed by atoms with E-state index in [1.807, 2.05) is 34.9 Å². The molecular weight excluding hydrogens is 422 g/mol. The molecule has 0 spiro atoms. The number of ether oxygens (including phenoxy) is 2. The van der Waals surface area contributed by atoms with Crippen molar-refractivity contribution in [2.45, 2.75) is 52.0 Å². The molecule has 0 aromatic heterocycles. The molecule has 0 radical (unpaired) electrons. The summed E-state index contributed by atoms with van der Waals surface area (Å²) in [6.07, 6.45) is 5.41. The number of nitrogens with one attached hydrogen (secondary N) is 1. The van der Waals surface area contributed by atoms with E-state index < -0.39 is 0 Å². The molecule has 0 saturated carbocycles. The number of fused-ring (bicyclic) bond motifs is 1. The van der Waals surface area contributed by atoms with Crippen molar-refractivity contribution in [3.8, 4) is 11.5 Å². The Bertz CT molecular complexity index is 764. The summed E-state index contributed by atoms with van der Waals surface area (Å²) in [5.74, 6) is 1.87. The van der Waals surface area contributed by atoms with E-state index in [-0.39, 0.29) is 31.5 Å². The van der Waals surface area contributed by atoms with E-state index >= 15 is 0 Å². The second-order valence-electron chi connectivity index (χ2n) is 8.92. The highest BCUT2D eigenvalue weighted by Crippen LogP contribution is 2.33. The first-order valence-electron chi connectivity index (χ1n) is 12.4. The normalized spacial score (nSPS) is 19.3. The quantitative estimate of drug-likeness (QED) is 0.675. The summed E-state index contributed by atoms with van der Waals surface area (Å²) in [6, 6.07) is 5.81. The van der Waals surface area contributed by atoms with Crippen LogP contribution in [0.1, 0.15) is 51.0 Å². The molecule has 8 nitrogen and oxygen atoms in total. The van der Waals surface area contributed by atoms with E-state index in [0.29, 0.717) is 56.8 Å². The van der Waals surface area contributed by atoms with E-state index in [1.165, 1.54) is 0 Å². The molecule has 0 unspecified atom stereocenters. The lowest BCUT2D eigenvalue weighted by Crippen LogP contribution is -2.46. The minimum atomic E-state index is -0.0628. The van der Waals surface area contributed by atoms with Gasteiger partial charge in [0.15, 0.2) is 11.5 Å². The SMILES string of the molecule is CCOc1cccc2c1OCCCCCNC(=O)CN(CC(=O)N1CCC(CCO)CC1)C2. The van der Waals surface area contributed by atoms with Gasteiger partial charge in [-0.2, -0.15) is 0 Å². The molecule has 0 bridgehead atoms. The standard InChI is InChI=1S/C25H39N3O5/c1-2-32-22-8-6-7-21-17-27(18-23(30)26-12-4-3-5-16-33-25(21)22)19-24(31)28-13-9-20(10-14-28)11-15-29/h6-8,20,29H,2-5,9-19H2,1H3,(H,26,30). The number of piperidine rings is 1. The van der Waals surface area contributed by atoms with Gasteiger partial charge in [0.2, 0.25) is 11.8 Å². The lowest BCUT2D eigenvalue weighted by Gasteiger charge is -2.33. The number of carbonyl (C=O) groups excluding carboxylic acids is 2. The summed E-state index contributed by atoms with van der Waals surface area (Å²) in [4.78, 5) is 29.5. The average Bonchev–Trinajstić information content (AvgIpc) is 2.81. The summed E-state index contributed by atoms with van der Waals surface area (Å²) < 4.78 is 11.9. The van der Waals surface area contributed by atoms with Gasteiger partial charge >= 0.3 is 0 Å². The number of rotatable bonds is 6. The van der Waals surface area contributed by atoms with Crippen LogP contribution in [-0.2, 0) is 16.1 Å². The van der Waals surface area contributed by atoms with E-state index in [9.17, 15) is 14.7 Å². The maximum Gasteiger partial charge on any atom is 0.236 e. The van der Waals surface area contributed by atoms with Crippen LogP contribution in [-0.4, -0.2) is 79.3 Å². The van der Waals surface area contributed by atoms with Crippen molar-refractivity contribution in [2.75, 3.05) is 52.5 Å². The van der Waals surface area contributed by atoms with Gasteiger partial charge in [0, 0.05) is 38.3 Å². The maximum atomic E-state index is 13.1. The largest absolute Gasteiger partial charge is 0.490 e. The molecule has 1 aromatic rings. The molecule has 0 atom stereocenters. The number of aliphatic hydroxyl groups is 1. The Morgan fingerprint density at radius 2 is 2.03 bits per heavy atom. The van der Waals surface area contributed by atoms with E-state index in [0.717, 1.165) is 44.1 Å². The number of benzene rings is 1. The van der Waals surface area contributed by atoms with Crippen LogP contribution in [0.5, 0.6) is 11.5 Å². The molecule has 1 fully saturated rings. The van der Waals surface area contributed by atoms with Gasteiger partial charge < -0.3 is 24.8 Å². The average molecular weight is 462 g/mol. The Morgan fingerprint density at radius 3 is 2.79 bits per heavy atom. The van der Waals surface area contributed by atoms with Gasteiger partial charge in [-0.25, -0.2) is 0 Å². The topological polar surface area (TPSA) is 91.3 Å². The van der Waals surface area contributed by atoms with Crippen LogP contribution in [0.2, 0.25) is 0 Å². The van der Waals surface area contributed by atoms with Crippen molar-refractivity contribution in [1.82, 2.24) is 15.1 Å². The number of hydrogen-bond acceptors (Lipinski definition) is 6. The van der Waals surface area contributed by atoms with Crippen LogP contribution >= 0.6 is 0 Å². The predicted molar refractivity (Wildman–Crippen MR) is 126 cm³/mol. The number of carbonyl (C=O) groups is 2. The highest BCUT2D eigenvalue weighted by atomic mass is 16.5. The molecule has 2 amide bonds. The fourth-order valence-corrected chi connectivity index (χ4v) is 4.54. The third-order valence-corrected chi connectivity index (χ3v) is 6.37. The maximum absolute atomic E-state index is 13.1. The Kier molecular flexibility index (Phi) is 10.3. The molecule has 33 heavy (non-hydrogen) atoms. The zero-order valence-corrected chi connectivity index (χ0v) is 19.9. The van der Waals surface area contributed by atoms with Crippen molar-refractivity contribution in [3.05, 3.63) is 23.8 Å². The molecule has 2 N–H and O–H groups in total. The first-order chi connectivity index (χ1) is 16.1. The van der Waals surface area contributed by atoms with Crippen LogP contribution in [0.15, 0.2) is 18.2 Å².